The normalized spacial score (nSPS) is 18.7. The molecule has 5 rings (SSSR count). The molecule has 0 aliphatic carbocycles. The van der Waals surface area contributed by atoms with Gasteiger partial charge in [0.15, 0.2) is 0 Å². The number of carboxylic acids is 1. The summed E-state index contributed by atoms with van der Waals surface area (Å²) < 4.78 is 37.9. The largest absolute Gasteiger partial charge is 0.490 e. The monoisotopic (exact) mass is 491 g/mol. The number of aliphatic carboxylic acids is 1. The third-order valence-electron chi connectivity index (χ3n) is 5.44. The molecule has 0 bridgehead atoms. The topological polar surface area (TPSA) is 92.6 Å². The SMILES string of the molecule is O=C(O)C(F)(F)F.O=C(c1ccc2ncccc2c1)N1CC2(CC(Oc3ccccn3)CS2)C1. The van der Waals surface area contributed by atoms with Crippen LogP contribution in [0.2, 0.25) is 0 Å². The van der Waals surface area contributed by atoms with Crippen LogP contribution in [0.5, 0.6) is 5.88 Å². The van der Waals surface area contributed by atoms with Gasteiger partial charge in [-0.2, -0.15) is 13.2 Å². The molecule has 34 heavy (non-hydrogen) atoms. The molecule has 1 atom stereocenters. The third kappa shape index (κ3) is 5.41. The van der Waals surface area contributed by atoms with Gasteiger partial charge in [-0.3, -0.25) is 9.78 Å². The zero-order valence-electron chi connectivity index (χ0n) is 17.7. The first-order chi connectivity index (χ1) is 16.2. The van der Waals surface area contributed by atoms with Gasteiger partial charge in [0, 0.05) is 54.7 Å². The van der Waals surface area contributed by atoms with Crippen molar-refractivity contribution in [2.45, 2.75) is 23.4 Å². The molecule has 4 heterocycles. The summed E-state index contributed by atoms with van der Waals surface area (Å²) in [5.74, 6) is -1.04. The van der Waals surface area contributed by atoms with E-state index in [2.05, 4.69) is 9.97 Å². The Hall–Kier alpha value is -3.34. The highest BCUT2D eigenvalue weighted by Crippen LogP contribution is 2.46. The van der Waals surface area contributed by atoms with Crippen LogP contribution in [0, 0.1) is 0 Å². The van der Waals surface area contributed by atoms with Gasteiger partial charge in [0.1, 0.15) is 6.10 Å². The fraction of sp³-hybridized carbons (Fsp3) is 0.304. The Bertz CT molecular complexity index is 1190. The van der Waals surface area contributed by atoms with E-state index in [1.807, 2.05) is 65.2 Å². The number of hydrogen-bond donors (Lipinski definition) is 1. The quantitative estimate of drug-likeness (QED) is 0.591. The Labute approximate surface area is 196 Å². The van der Waals surface area contributed by atoms with Gasteiger partial charge in [-0.05, 0) is 30.3 Å². The van der Waals surface area contributed by atoms with E-state index in [0.29, 0.717) is 5.88 Å². The molecule has 1 N–H and O–H groups in total. The molecule has 1 amide bonds. The highest BCUT2D eigenvalue weighted by molar-refractivity contribution is 8.01. The van der Waals surface area contributed by atoms with Crippen LogP contribution in [0.4, 0.5) is 13.2 Å². The first-order valence-corrected chi connectivity index (χ1v) is 11.3. The zero-order valence-corrected chi connectivity index (χ0v) is 18.6. The summed E-state index contributed by atoms with van der Waals surface area (Å²) in [4.78, 5) is 32.2. The van der Waals surface area contributed by atoms with Gasteiger partial charge in [0.2, 0.25) is 5.88 Å². The summed E-state index contributed by atoms with van der Waals surface area (Å²) in [6.07, 6.45) is -0.451. The second-order valence-electron chi connectivity index (χ2n) is 7.98. The molecule has 2 fully saturated rings. The average molecular weight is 491 g/mol. The van der Waals surface area contributed by atoms with Crippen LogP contribution in [0.25, 0.3) is 10.9 Å². The first kappa shape index (κ1) is 23.8. The number of carboxylic acid groups (broad SMARTS) is 1. The number of carbonyl (C=O) groups is 2. The Morgan fingerprint density at radius 2 is 1.82 bits per heavy atom. The summed E-state index contributed by atoms with van der Waals surface area (Å²) in [5.41, 5.74) is 1.64. The standard InChI is InChI=1S/C21H19N3O2S.C2HF3O2/c25-20(16-6-7-18-15(10-16)4-3-9-22-18)24-13-21(14-24)11-17(12-27-21)26-19-5-1-2-8-23-19;3-2(4,5)1(6)7/h1-10,17H,11-14H2;(H,6,7). The van der Waals surface area contributed by atoms with Gasteiger partial charge in [-0.1, -0.05) is 12.1 Å². The highest BCUT2D eigenvalue weighted by atomic mass is 32.2. The van der Waals surface area contributed by atoms with Crippen LogP contribution in [-0.4, -0.2) is 67.7 Å². The minimum absolute atomic E-state index is 0.0982. The molecule has 0 saturated carbocycles. The Kier molecular flexibility index (Phi) is 6.65. The van der Waals surface area contributed by atoms with Gasteiger partial charge in [-0.25, -0.2) is 9.78 Å². The first-order valence-electron chi connectivity index (χ1n) is 10.3. The van der Waals surface area contributed by atoms with E-state index < -0.39 is 12.1 Å². The van der Waals surface area contributed by atoms with E-state index in [-0.39, 0.29) is 16.8 Å². The minimum atomic E-state index is -5.08. The minimum Gasteiger partial charge on any atom is -0.475 e. The summed E-state index contributed by atoms with van der Waals surface area (Å²) in [6, 6.07) is 15.3. The zero-order chi connectivity index (χ0) is 24.3. The van der Waals surface area contributed by atoms with E-state index in [1.165, 1.54) is 0 Å². The number of nitrogens with zero attached hydrogens (tertiary/aromatic N) is 3. The van der Waals surface area contributed by atoms with Crippen molar-refractivity contribution in [2.75, 3.05) is 18.8 Å². The number of thioether (sulfide) groups is 1. The number of ether oxygens (including phenoxy) is 1. The maximum absolute atomic E-state index is 12.8. The number of amides is 1. The van der Waals surface area contributed by atoms with Crippen molar-refractivity contribution >= 4 is 34.5 Å². The summed E-state index contributed by atoms with van der Waals surface area (Å²) in [7, 11) is 0. The fourth-order valence-electron chi connectivity index (χ4n) is 3.87. The van der Waals surface area contributed by atoms with Crippen LogP contribution < -0.4 is 4.74 Å². The Morgan fingerprint density at radius 3 is 2.50 bits per heavy atom. The number of rotatable bonds is 3. The number of hydrogen-bond acceptors (Lipinski definition) is 6. The fourth-order valence-corrected chi connectivity index (χ4v) is 5.39. The molecular formula is C23H20F3N3O4S. The van der Waals surface area contributed by atoms with Crippen LogP contribution in [0.15, 0.2) is 60.9 Å². The lowest BCUT2D eigenvalue weighted by Gasteiger charge is -2.47. The number of aromatic nitrogens is 2. The van der Waals surface area contributed by atoms with Gasteiger partial charge < -0.3 is 14.7 Å². The van der Waals surface area contributed by atoms with Crippen LogP contribution in [-0.2, 0) is 4.79 Å². The van der Waals surface area contributed by atoms with E-state index in [1.54, 1.807) is 12.4 Å². The molecule has 3 aromatic rings. The van der Waals surface area contributed by atoms with Gasteiger partial charge in [-0.15, -0.1) is 11.8 Å². The smallest absolute Gasteiger partial charge is 0.475 e. The van der Waals surface area contributed by atoms with Crippen LogP contribution in [0.3, 0.4) is 0 Å². The molecule has 2 aromatic heterocycles. The number of likely N-dealkylation sites (tertiary alicyclic amines) is 1. The molecule has 2 aliphatic heterocycles. The van der Waals surface area contributed by atoms with E-state index in [4.69, 9.17) is 14.6 Å². The van der Waals surface area contributed by atoms with Crippen molar-refractivity contribution in [3.05, 3.63) is 66.5 Å². The van der Waals surface area contributed by atoms with E-state index in [9.17, 15) is 18.0 Å². The van der Waals surface area contributed by atoms with Gasteiger partial charge >= 0.3 is 12.1 Å². The molecule has 2 aliphatic rings. The lowest BCUT2D eigenvalue weighted by molar-refractivity contribution is -0.192. The summed E-state index contributed by atoms with van der Waals surface area (Å²) >= 11 is 1.92. The van der Waals surface area contributed by atoms with Crippen molar-refractivity contribution in [1.29, 1.82) is 0 Å². The number of fused-ring (bicyclic) bond motifs is 1. The van der Waals surface area contributed by atoms with Crippen LogP contribution >= 0.6 is 11.8 Å². The number of alkyl halides is 3. The van der Waals surface area contributed by atoms with E-state index in [0.717, 1.165) is 41.7 Å². The van der Waals surface area contributed by atoms with Crippen molar-refractivity contribution in [1.82, 2.24) is 14.9 Å². The van der Waals surface area contributed by atoms with Gasteiger partial charge in [0.25, 0.3) is 5.91 Å². The lowest BCUT2D eigenvalue weighted by Crippen LogP contribution is -2.60. The maximum atomic E-state index is 12.8. The number of carbonyl (C=O) groups excluding carboxylic acids is 1. The molecule has 178 valence electrons. The molecule has 1 spiro atoms. The summed E-state index contributed by atoms with van der Waals surface area (Å²) in [5, 5.41) is 8.12. The van der Waals surface area contributed by atoms with Crippen molar-refractivity contribution in [3.63, 3.8) is 0 Å². The number of halogens is 3. The lowest BCUT2D eigenvalue weighted by atomic mass is 9.92. The second kappa shape index (κ2) is 9.49. The molecule has 7 nitrogen and oxygen atoms in total. The predicted molar refractivity (Wildman–Crippen MR) is 120 cm³/mol. The van der Waals surface area contributed by atoms with Crippen molar-refractivity contribution < 1.29 is 32.6 Å². The van der Waals surface area contributed by atoms with Crippen molar-refractivity contribution in [3.8, 4) is 5.88 Å². The average Bonchev–Trinajstić information content (AvgIpc) is 3.22. The molecule has 2 saturated heterocycles. The Balaban J connectivity index is 0.000000344. The second-order valence-corrected chi connectivity index (χ2v) is 9.47. The Morgan fingerprint density at radius 1 is 1.09 bits per heavy atom. The number of pyridine rings is 2. The maximum Gasteiger partial charge on any atom is 0.490 e. The molecule has 11 heteroatoms. The van der Waals surface area contributed by atoms with Crippen LogP contribution in [0.1, 0.15) is 16.8 Å². The van der Waals surface area contributed by atoms with Crippen molar-refractivity contribution in [2.24, 2.45) is 0 Å². The number of benzene rings is 1. The molecule has 0 radical (unpaired) electrons. The predicted octanol–water partition coefficient (Wildman–Crippen LogP) is 4.04. The van der Waals surface area contributed by atoms with Gasteiger partial charge in [0.05, 0.1) is 10.3 Å². The van der Waals surface area contributed by atoms with E-state index >= 15 is 0 Å². The summed E-state index contributed by atoms with van der Waals surface area (Å²) in [6.45, 7) is 1.56. The highest BCUT2D eigenvalue weighted by Gasteiger charge is 2.51. The molecule has 1 unspecified atom stereocenters. The molecule has 1 aromatic carbocycles. The third-order valence-corrected chi connectivity index (χ3v) is 7.01. The molecular weight excluding hydrogens is 471 g/mol.